The number of nitrogens with one attached hydrogen (secondary N) is 1. The summed E-state index contributed by atoms with van der Waals surface area (Å²) in [7, 11) is 0. The molecule has 0 fully saturated rings. The summed E-state index contributed by atoms with van der Waals surface area (Å²) in [4.78, 5) is 13.9. The second-order valence-electron chi connectivity index (χ2n) is 3.78. The van der Waals surface area contributed by atoms with Crippen molar-refractivity contribution in [2.75, 3.05) is 6.54 Å². The third-order valence-electron chi connectivity index (χ3n) is 2.62. The quantitative estimate of drug-likeness (QED) is 0.872. The maximum Gasteiger partial charge on any atom is 0.272 e. The van der Waals surface area contributed by atoms with Crippen LogP contribution in [-0.2, 0) is 6.54 Å². The third kappa shape index (κ3) is 2.72. The summed E-state index contributed by atoms with van der Waals surface area (Å²) in [6, 6.07) is 11.6. The van der Waals surface area contributed by atoms with E-state index in [9.17, 15) is 4.79 Å². The van der Waals surface area contributed by atoms with Crippen molar-refractivity contribution >= 4 is 5.91 Å². The highest BCUT2D eigenvalue weighted by molar-refractivity contribution is 5.92. The van der Waals surface area contributed by atoms with Crippen LogP contribution in [0.25, 0.3) is 0 Å². The lowest BCUT2D eigenvalue weighted by molar-refractivity contribution is 0.0746. The number of amides is 1. The fourth-order valence-electron chi connectivity index (χ4n) is 1.68. The second kappa shape index (κ2) is 5.30. The van der Waals surface area contributed by atoms with Crippen molar-refractivity contribution in [3.05, 3.63) is 53.9 Å². The number of aromatic amines is 1. The smallest absolute Gasteiger partial charge is 0.272 e. The highest BCUT2D eigenvalue weighted by Gasteiger charge is 2.15. The summed E-state index contributed by atoms with van der Waals surface area (Å²) in [5, 5.41) is 6.49. The SMILES string of the molecule is CCN(Cc1ccccc1)C(=O)c1ccn[nH]1. The summed E-state index contributed by atoms with van der Waals surface area (Å²) in [6.45, 7) is 3.26. The monoisotopic (exact) mass is 229 g/mol. The Balaban J connectivity index is 2.10. The standard InChI is InChI=1S/C13H15N3O/c1-2-16(10-11-6-4-3-5-7-11)13(17)12-8-9-14-15-12/h3-9H,2,10H2,1H3,(H,14,15). The molecule has 2 aromatic rings. The molecule has 0 bridgehead atoms. The topological polar surface area (TPSA) is 49.0 Å². The molecule has 88 valence electrons. The van der Waals surface area contributed by atoms with Gasteiger partial charge in [0.25, 0.3) is 5.91 Å². The summed E-state index contributed by atoms with van der Waals surface area (Å²) >= 11 is 0. The van der Waals surface area contributed by atoms with E-state index >= 15 is 0 Å². The van der Waals surface area contributed by atoms with Crippen molar-refractivity contribution < 1.29 is 4.79 Å². The Morgan fingerprint density at radius 1 is 1.29 bits per heavy atom. The van der Waals surface area contributed by atoms with Crippen LogP contribution in [0.15, 0.2) is 42.6 Å². The minimum Gasteiger partial charge on any atom is -0.333 e. The lowest BCUT2D eigenvalue weighted by Gasteiger charge is -2.20. The number of nitrogens with zero attached hydrogens (tertiary/aromatic N) is 2. The van der Waals surface area contributed by atoms with E-state index in [1.54, 1.807) is 17.2 Å². The van der Waals surface area contributed by atoms with Crippen LogP contribution in [-0.4, -0.2) is 27.5 Å². The molecule has 2 rings (SSSR count). The summed E-state index contributed by atoms with van der Waals surface area (Å²) in [6.07, 6.45) is 1.59. The first-order valence-corrected chi connectivity index (χ1v) is 5.64. The first-order valence-electron chi connectivity index (χ1n) is 5.64. The van der Waals surface area contributed by atoms with Crippen LogP contribution in [0.3, 0.4) is 0 Å². The lowest BCUT2D eigenvalue weighted by Crippen LogP contribution is -2.30. The van der Waals surface area contributed by atoms with Crippen molar-refractivity contribution in [3.63, 3.8) is 0 Å². The van der Waals surface area contributed by atoms with Crippen molar-refractivity contribution in [1.29, 1.82) is 0 Å². The molecule has 0 radical (unpaired) electrons. The van der Waals surface area contributed by atoms with E-state index in [-0.39, 0.29) is 5.91 Å². The Morgan fingerprint density at radius 3 is 2.65 bits per heavy atom. The molecule has 0 aliphatic heterocycles. The van der Waals surface area contributed by atoms with Gasteiger partial charge in [-0.3, -0.25) is 9.89 Å². The average molecular weight is 229 g/mol. The zero-order chi connectivity index (χ0) is 12.1. The van der Waals surface area contributed by atoms with Crippen LogP contribution in [0.2, 0.25) is 0 Å². The molecule has 0 saturated heterocycles. The minimum atomic E-state index is -0.0196. The van der Waals surface area contributed by atoms with Crippen molar-refractivity contribution in [3.8, 4) is 0 Å². The van der Waals surface area contributed by atoms with Gasteiger partial charge in [-0.15, -0.1) is 0 Å². The van der Waals surface area contributed by atoms with Gasteiger partial charge in [0.15, 0.2) is 0 Å². The molecule has 0 aliphatic rings. The van der Waals surface area contributed by atoms with E-state index in [0.29, 0.717) is 18.8 Å². The molecule has 1 aromatic carbocycles. The van der Waals surface area contributed by atoms with Crippen LogP contribution >= 0.6 is 0 Å². The van der Waals surface area contributed by atoms with E-state index in [2.05, 4.69) is 10.2 Å². The molecule has 4 nitrogen and oxygen atoms in total. The fourth-order valence-corrected chi connectivity index (χ4v) is 1.68. The third-order valence-corrected chi connectivity index (χ3v) is 2.62. The zero-order valence-corrected chi connectivity index (χ0v) is 9.76. The second-order valence-corrected chi connectivity index (χ2v) is 3.78. The molecule has 0 atom stereocenters. The number of carbonyl (C=O) groups excluding carboxylic acids is 1. The van der Waals surface area contributed by atoms with Gasteiger partial charge in [0.1, 0.15) is 5.69 Å². The molecular weight excluding hydrogens is 214 g/mol. The number of hydrogen-bond donors (Lipinski definition) is 1. The summed E-state index contributed by atoms with van der Waals surface area (Å²) < 4.78 is 0. The number of benzene rings is 1. The molecule has 0 saturated carbocycles. The van der Waals surface area contributed by atoms with E-state index < -0.39 is 0 Å². The van der Waals surface area contributed by atoms with Gasteiger partial charge in [0.2, 0.25) is 0 Å². The highest BCUT2D eigenvalue weighted by atomic mass is 16.2. The van der Waals surface area contributed by atoms with Crippen LogP contribution in [0.4, 0.5) is 0 Å². The van der Waals surface area contributed by atoms with Gasteiger partial charge in [-0.25, -0.2) is 0 Å². The minimum absolute atomic E-state index is 0.0196. The van der Waals surface area contributed by atoms with Gasteiger partial charge in [-0.2, -0.15) is 5.10 Å². The summed E-state index contributed by atoms with van der Waals surface area (Å²) in [5.41, 5.74) is 1.66. The van der Waals surface area contributed by atoms with E-state index in [1.165, 1.54) is 0 Å². The van der Waals surface area contributed by atoms with Crippen molar-refractivity contribution in [1.82, 2.24) is 15.1 Å². The van der Waals surface area contributed by atoms with Gasteiger partial charge in [0, 0.05) is 19.3 Å². The van der Waals surface area contributed by atoms with Crippen molar-refractivity contribution in [2.45, 2.75) is 13.5 Å². The van der Waals surface area contributed by atoms with Crippen LogP contribution < -0.4 is 0 Å². The Hall–Kier alpha value is -2.10. The van der Waals surface area contributed by atoms with E-state index in [0.717, 1.165) is 5.56 Å². The van der Waals surface area contributed by atoms with E-state index in [1.807, 2.05) is 37.3 Å². The van der Waals surface area contributed by atoms with E-state index in [4.69, 9.17) is 0 Å². The van der Waals surface area contributed by atoms with Gasteiger partial charge in [-0.1, -0.05) is 30.3 Å². The number of hydrogen-bond acceptors (Lipinski definition) is 2. The normalized spacial score (nSPS) is 10.2. The molecule has 0 unspecified atom stereocenters. The first kappa shape index (κ1) is 11.4. The summed E-state index contributed by atoms with van der Waals surface area (Å²) in [5.74, 6) is -0.0196. The molecule has 17 heavy (non-hydrogen) atoms. The van der Waals surface area contributed by atoms with Crippen LogP contribution in [0.1, 0.15) is 23.0 Å². The maximum atomic E-state index is 12.1. The van der Waals surface area contributed by atoms with Gasteiger partial charge >= 0.3 is 0 Å². The number of carbonyl (C=O) groups is 1. The molecule has 0 spiro atoms. The van der Waals surface area contributed by atoms with Gasteiger partial charge in [0.05, 0.1) is 0 Å². The van der Waals surface area contributed by atoms with Crippen LogP contribution in [0, 0.1) is 0 Å². The number of aromatic nitrogens is 2. The average Bonchev–Trinajstić information content (AvgIpc) is 2.90. The molecule has 4 heteroatoms. The molecule has 1 N–H and O–H groups in total. The molecule has 1 aromatic heterocycles. The zero-order valence-electron chi connectivity index (χ0n) is 9.76. The number of rotatable bonds is 4. The number of H-pyrrole nitrogens is 1. The Labute approximate surface area is 100 Å². The lowest BCUT2D eigenvalue weighted by atomic mass is 10.2. The fraction of sp³-hybridized carbons (Fsp3) is 0.231. The Morgan fingerprint density at radius 2 is 2.06 bits per heavy atom. The largest absolute Gasteiger partial charge is 0.333 e. The highest BCUT2D eigenvalue weighted by Crippen LogP contribution is 2.07. The van der Waals surface area contributed by atoms with Gasteiger partial charge < -0.3 is 4.90 Å². The Kier molecular flexibility index (Phi) is 3.55. The first-order chi connectivity index (χ1) is 8.31. The Bertz CT molecular complexity index is 465. The van der Waals surface area contributed by atoms with Gasteiger partial charge in [-0.05, 0) is 18.6 Å². The molecule has 0 aliphatic carbocycles. The van der Waals surface area contributed by atoms with Crippen LogP contribution in [0.5, 0.6) is 0 Å². The predicted molar refractivity (Wildman–Crippen MR) is 65.4 cm³/mol. The molecule has 1 heterocycles. The maximum absolute atomic E-state index is 12.1. The molecular formula is C13H15N3O. The predicted octanol–water partition coefficient (Wildman–Crippen LogP) is 2.07. The molecule has 1 amide bonds. The van der Waals surface area contributed by atoms with Crippen molar-refractivity contribution in [2.24, 2.45) is 0 Å².